The fourth-order valence-electron chi connectivity index (χ4n) is 2.37. The molecule has 3 unspecified atom stereocenters. The molecule has 0 bridgehead atoms. The number of aliphatic hydroxyl groups is 1. The summed E-state index contributed by atoms with van der Waals surface area (Å²) in [5.74, 6) is 0.291. The Morgan fingerprint density at radius 1 is 1.47 bits per heavy atom. The Bertz CT molecular complexity index is 271. The van der Waals surface area contributed by atoms with Crippen molar-refractivity contribution in [1.29, 1.82) is 0 Å². The van der Waals surface area contributed by atoms with E-state index in [1.165, 1.54) is 0 Å². The molecule has 5 heteroatoms. The van der Waals surface area contributed by atoms with Crippen LogP contribution in [0.3, 0.4) is 0 Å². The topological polar surface area (TPSA) is 59.0 Å². The van der Waals surface area contributed by atoms with Crippen LogP contribution in [0.4, 0.5) is 0 Å². The van der Waals surface area contributed by atoms with Crippen molar-refractivity contribution in [2.45, 2.75) is 25.5 Å². The van der Waals surface area contributed by atoms with Crippen LogP contribution in [0.15, 0.2) is 0 Å². The lowest BCUT2D eigenvalue weighted by molar-refractivity contribution is -0.134. The van der Waals surface area contributed by atoms with Crippen LogP contribution in [0.2, 0.25) is 0 Å². The van der Waals surface area contributed by atoms with Gasteiger partial charge in [0.1, 0.15) is 5.78 Å². The van der Waals surface area contributed by atoms with Gasteiger partial charge in [-0.25, -0.2) is 0 Å². The molecule has 0 saturated carbocycles. The molecule has 0 aromatic rings. The Morgan fingerprint density at radius 2 is 2.29 bits per heavy atom. The number of carbonyl (C=O) groups excluding carboxylic acids is 1. The summed E-state index contributed by atoms with van der Waals surface area (Å²) in [6, 6.07) is 0.299. The number of hydrogen-bond acceptors (Lipinski definition) is 5. The fraction of sp³-hybridized carbons (Fsp3) is 0.917. The van der Waals surface area contributed by atoms with Gasteiger partial charge in [-0.05, 0) is 6.92 Å². The number of carbonyl (C=O) groups is 1. The SMILES string of the molecule is CC1COC(CO)CN1CC1COCCC1=O. The van der Waals surface area contributed by atoms with E-state index in [9.17, 15) is 4.79 Å². The molecule has 2 aliphatic heterocycles. The van der Waals surface area contributed by atoms with E-state index in [4.69, 9.17) is 14.6 Å². The molecule has 0 spiro atoms. The van der Waals surface area contributed by atoms with Crippen LogP contribution in [0.5, 0.6) is 0 Å². The Kier molecular flexibility index (Phi) is 4.50. The van der Waals surface area contributed by atoms with Crippen molar-refractivity contribution in [1.82, 2.24) is 4.90 Å². The van der Waals surface area contributed by atoms with Crippen LogP contribution >= 0.6 is 0 Å². The van der Waals surface area contributed by atoms with Crippen molar-refractivity contribution < 1.29 is 19.4 Å². The molecule has 1 N–H and O–H groups in total. The summed E-state index contributed by atoms with van der Waals surface area (Å²) in [4.78, 5) is 14.0. The molecule has 2 rings (SSSR count). The first kappa shape index (κ1) is 13.0. The summed E-state index contributed by atoms with van der Waals surface area (Å²) in [7, 11) is 0. The molecule has 2 heterocycles. The van der Waals surface area contributed by atoms with Crippen molar-refractivity contribution >= 4 is 5.78 Å². The lowest BCUT2D eigenvalue weighted by atomic mass is 9.99. The number of Topliss-reactive ketones (excluding diaryl/α,β-unsaturated/α-hetero) is 1. The van der Waals surface area contributed by atoms with Crippen LogP contribution in [0, 0.1) is 5.92 Å². The average Bonchev–Trinajstić information content (AvgIpc) is 2.35. The second kappa shape index (κ2) is 5.91. The first-order valence-electron chi connectivity index (χ1n) is 6.27. The maximum absolute atomic E-state index is 11.7. The summed E-state index contributed by atoms with van der Waals surface area (Å²) < 4.78 is 10.8. The van der Waals surface area contributed by atoms with E-state index in [0.29, 0.717) is 44.6 Å². The van der Waals surface area contributed by atoms with Gasteiger partial charge in [0.25, 0.3) is 0 Å². The number of ketones is 1. The number of aliphatic hydroxyl groups excluding tert-OH is 1. The predicted octanol–water partition coefficient (Wildman–Crippen LogP) is -0.326. The average molecular weight is 243 g/mol. The number of nitrogens with zero attached hydrogens (tertiary/aromatic N) is 1. The Balaban J connectivity index is 1.89. The van der Waals surface area contributed by atoms with Crippen molar-refractivity contribution in [3.63, 3.8) is 0 Å². The largest absolute Gasteiger partial charge is 0.394 e. The molecule has 0 aromatic carbocycles. The van der Waals surface area contributed by atoms with Crippen molar-refractivity contribution in [2.75, 3.05) is 39.5 Å². The molecule has 0 radical (unpaired) electrons. The highest BCUT2D eigenvalue weighted by atomic mass is 16.5. The third-order valence-corrected chi connectivity index (χ3v) is 3.56. The third-order valence-electron chi connectivity index (χ3n) is 3.56. The molecule has 2 saturated heterocycles. The quantitative estimate of drug-likeness (QED) is 0.736. The van der Waals surface area contributed by atoms with E-state index >= 15 is 0 Å². The zero-order chi connectivity index (χ0) is 12.3. The lowest BCUT2D eigenvalue weighted by Crippen LogP contribution is -2.52. The Morgan fingerprint density at radius 3 is 3.00 bits per heavy atom. The van der Waals surface area contributed by atoms with Crippen molar-refractivity contribution in [3.8, 4) is 0 Å². The Labute approximate surface area is 102 Å². The number of morpholine rings is 1. The zero-order valence-electron chi connectivity index (χ0n) is 10.3. The smallest absolute Gasteiger partial charge is 0.141 e. The first-order valence-corrected chi connectivity index (χ1v) is 6.27. The van der Waals surface area contributed by atoms with Gasteiger partial charge in [-0.2, -0.15) is 0 Å². The minimum atomic E-state index is -0.120. The van der Waals surface area contributed by atoms with Gasteiger partial charge in [0.15, 0.2) is 0 Å². The third kappa shape index (κ3) is 3.25. The van der Waals surface area contributed by atoms with Gasteiger partial charge in [-0.15, -0.1) is 0 Å². The van der Waals surface area contributed by atoms with E-state index in [1.807, 2.05) is 0 Å². The molecular weight excluding hydrogens is 222 g/mol. The number of rotatable bonds is 3. The summed E-state index contributed by atoms with van der Waals surface area (Å²) >= 11 is 0. The highest BCUT2D eigenvalue weighted by Crippen LogP contribution is 2.17. The van der Waals surface area contributed by atoms with Gasteiger partial charge in [-0.3, -0.25) is 9.69 Å². The standard InChI is InChI=1S/C12H21NO4/c1-9-7-17-11(6-14)5-13(9)4-10-8-16-3-2-12(10)15/h9-11,14H,2-8H2,1H3. The number of ether oxygens (including phenoxy) is 2. The van der Waals surface area contributed by atoms with Crippen LogP contribution in [-0.2, 0) is 14.3 Å². The van der Waals surface area contributed by atoms with E-state index in [2.05, 4.69) is 11.8 Å². The van der Waals surface area contributed by atoms with Gasteiger partial charge in [0.05, 0.1) is 38.4 Å². The summed E-state index contributed by atoms with van der Waals surface area (Å²) in [5, 5.41) is 9.11. The molecule has 2 aliphatic rings. The molecule has 0 aliphatic carbocycles. The molecule has 0 aromatic heterocycles. The van der Waals surface area contributed by atoms with Gasteiger partial charge in [0.2, 0.25) is 0 Å². The maximum atomic E-state index is 11.7. The monoisotopic (exact) mass is 243 g/mol. The molecule has 98 valence electrons. The second-order valence-corrected chi connectivity index (χ2v) is 4.93. The van der Waals surface area contributed by atoms with Gasteiger partial charge >= 0.3 is 0 Å². The lowest BCUT2D eigenvalue weighted by Gasteiger charge is -2.39. The number of hydrogen-bond donors (Lipinski definition) is 1. The minimum absolute atomic E-state index is 0.0105. The summed E-state index contributed by atoms with van der Waals surface area (Å²) in [6.07, 6.45) is 0.415. The molecule has 2 fully saturated rings. The summed E-state index contributed by atoms with van der Waals surface area (Å²) in [5.41, 5.74) is 0. The van der Waals surface area contributed by atoms with Crippen LogP contribution < -0.4 is 0 Å². The molecular formula is C12H21NO4. The normalized spacial score (nSPS) is 36.1. The van der Waals surface area contributed by atoms with Gasteiger partial charge in [0, 0.05) is 25.6 Å². The van der Waals surface area contributed by atoms with E-state index in [1.54, 1.807) is 0 Å². The molecule has 17 heavy (non-hydrogen) atoms. The van der Waals surface area contributed by atoms with Crippen molar-refractivity contribution in [3.05, 3.63) is 0 Å². The minimum Gasteiger partial charge on any atom is -0.394 e. The van der Waals surface area contributed by atoms with Crippen molar-refractivity contribution in [2.24, 2.45) is 5.92 Å². The van der Waals surface area contributed by atoms with E-state index in [-0.39, 0.29) is 18.6 Å². The van der Waals surface area contributed by atoms with Crippen LogP contribution in [-0.4, -0.2) is 67.5 Å². The van der Waals surface area contributed by atoms with E-state index < -0.39 is 0 Å². The van der Waals surface area contributed by atoms with Crippen LogP contribution in [0.25, 0.3) is 0 Å². The zero-order valence-corrected chi connectivity index (χ0v) is 10.3. The predicted molar refractivity (Wildman–Crippen MR) is 61.8 cm³/mol. The molecule has 5 nitrogen and oxygen atoms in total. The van der Waals surface area contributed by atoms with Crippen LogP contribution in [0.1, 0.15) is 13.3 Å². The Hall–Kier alpha value is -0.490. The second-order valence-electron chi connectivity index (χ2n) is 4.93. The summed E-state index contributed by atoms with van der Waals surface area (Å²) in [6.45, 7) is 5.26. The van der Waals surface area contributed by atoms with Gasteiger partial charge in [-0.1, -0.05) is 0 Å². The highest BCUT2D eigenvalue weighted by molar-refractivity contribution is 5.82. The molecule has 0 amide bonds. The highest BCUT2D eigenvalue weighted by Gasteiger charge is 2.31. The first-order chi connectivity index (χ1) is 8.20. The molecule has 3 atom stereocenters. The fourth-order valence-corrected chi connectivity index (χ4v) is 2.37. The van der Waals surface area contributed by atoms with E-state index in [0.717, 1.165) is 6.54 Å². The maximum Gasteiger partial charge on any atom is 0.141 e. The van der Waals surface area contributed by atoms with Gasteiger partial charge < -0.3 is 14.6 Å².